The van der Waals surface area contributed by atoms with Crippen molar-refractivity contribution in [2.45, 2.75) is 37.5 Å². The molecule has 0 bridgehead atoms. The van der Waals surface area contributed by atoms with Gasteiger partial charge in [0.2, 0.25) is 5.95 Å². The Morgan fingerprint density at radius 2 is 1.85 bits per heavy atom. The number of aliphatic hydroxyl groups is 1. The standard InChI is InChI=1S/C21H24F5N5O2/c1-33-18-7-12(30-6-2-3-13(32)9-30)4-5-17(18)28-20-27-8-14(21(24,25)26)19(29-20)31-10-15(22)16(23)11-31/h4-5,7-8,13,15-16,32H,2-3,6,9-11H2,1H3,(H,27,28,29)/t13?,15-,16-/m0/s1. The number of methoxy groups -OCH3 is 1. The van der Waals surface area contributed by atoms with Crippen LogP contribution in [0.15, 0.2) is 24.4 Å². The second-order valence-electron chi connectivity index (χ2n) is 8.12. The van der Waals surface area contributed by atoms with E-state index in [1.807, 2.05) is 4.90 Å². The van der Waals surface area contributed by atoms with Crippen LogP contribution in [0.4, 0.5) is 45.1 Å². The molecule has 2 saturated heterocycles. The molecule has 2 aromatic rings. The molecule has 1 aromatic carbocycles. The van der Waals surface area contributed by atoms with Crippen LogP contribution in [-0.2, 0) is 6.18 Å². The van der Waals surface area contributed by atoms with Gasteiger partial charge in [0.05, 0.1) is 32.0 Å². The molecule has 0 amide bonds. The van der Waals surface area contributed by atoms with E-state index in [0.29, 0.717) is 24.2 Å². The minimum atomic E-state index is -4.79. The van der Waals surface area contributed by atoms with Crippen LogP contribution in [0.25, 0.3) is 0 Å². The highest BCUT2D eigenvalue weighted by Crippen LogP contribution is 2.38. The summed E-state index contributed by atoms with van der Waals surface area (Å²) in [7, 11) is 1.45. The Morgan fingerprint density at radius 3 is 2.48 bits per heavy atom. The van der Waals surface area contributed by atoms with Gasteiger partial charge >= 0.3 is 6.18 Å². The summed E-state index contributed by atoms with van der Waals surface area (Å²) in [6.07, 6.45) is -6.80. The molecule has 0 spiro atoms. The Hall–Kier alpha value is -2.89. The summed E-state index contributed by atoms with van der Waals surface area (Å²) >= 11 is 0. The van der Waals surface area contributed by atoms with Gasteiger partial charge < -0.3 is 25.0 Å². The van der Waals surface area contributed by atoms with Crippen LogP contribution in [0.5, 0.6) is 5.75 Å². The number of rotatable bonds is 5. The lowest BCUT2D eigenvalue weighted by Crippen LogP contribution is -2.38. The molecule has 180 valence electrons. The average molecular weight is 473 g/mol. The summed E-state index contributed by atoms with van der Waals surface area (Å²) < 4.78 is 73.1. The fraction of sp³-hybridized carbons (Fsp3) is 0.524. The molecular formula is C21H24F5N5O2. The van der Waals surface area contributed by atoms with E-state index in [4.69, 9.17) is 4.74 Å². The quantitative estimate of drug-likeness (QED) is 0.642. The van der Waals surface area contributed by atoms with Crippen molar-refractivity contribution < 1.29 is 31.8 Å². The van der Waals surface area contributed by atoms with Crippen LogP contribution >= 0.6 is 0 Å². The second-order valence-corrected chi connectivity index (χ2v) is 8.12. The number of β-amino-alcohol motifs (C(OH)–C–C–N with tert-alkyl or cyclic N) is 1. The average Bonchev–Trinajstić information content (AvgIpc) is 3.11. The maximum Gasteiger partial charge on any atom is 0.421 e. The topological polar surface area (TPSA) is 73.8 Å². The third kappa shape index (κ3) is 5.05. The highest BCUT2D eigenvalue weighted by Gasteiger charge is 2.41. The highest BCUT2D eigenvalue weighted by atomic mass is 19.4. The first-order valence-electron chi connectivity index (χ1n) is 10.5. The second kappa shape index (κ2) is 9.16. The molecule has 1 unspecified atom stereocenters. The number of piperidine rings is 1. The number of ether oxygens (including phenoxy) is 1. The third-order valence-corrected chi connectivity index (χ3v) is 5.75. The van der Waals surface area contributed by atoms with E-state index in [2.05, 4.69) is 15.3 Å². The van der Waals surface area contributed by atoms with Crippen molar-refractivity contribution in [3.05, 3.63) is 30.0 Å². The van der Waals surface area contributed by atoms with Gasteiger partial charge in [-0.2, -0.15) is 18.2 Å². The van der Waals surface area contributed by atoms with Gasteiger partial charge in [0.1, 0.15) is 17.1 Å². The molecule has 0 radical (unpaired) electrons. The highest BCUT2D eigenvalue weighted by molar-refractivity contribution is 5.69. The molecule has 4 rings (SSSR count). The molecule has 33 heavy (non-hydrogen) atoms. The SMILES string of the molecule is COc1cc(N2CCCC(O)C2)ccc1Nc1ncc(C(F)(F)F)c(N2C[C@H](F)[C@@H](F)C2)n1. The predicted molar refractivity (Wildman–Crippen MR) is 113 cm³/mol. The van der Waals surface area contributed by atoms with E-state index >= 15 is 0 Å². The van der Waals surface area contributed by atoms with Crippen molar-refractivity contribution in [2.24, 2.45) is 0 Å². The lowest BCUT2D eigenvalue weighted by Gasteiger charge is -2.32. The largest absolute Gasteiger partial charge is 0.494 e. The summed E-state index contributed by atoms with van der Waals surface area (Å²) in [5, 5.41) is 12.7. The van der Waals surface area contributed by atoms with Crippen LogP contribution in [0.1, 0.15) is 18.4 Å². The zero-order valence-electron chi connectivity index (χ0n) is 17.8. The summed E-state index contributed by atoms with van der Waals surface area (Å²) in [6, 6.07) is 5.20. The van der Waals surface area contributed by atoms with Gasteiger partial charge in [0.15, 0.2) is 12.3 Å². The van der Waals surface area contributed by atoms with Gasteiger partial charge in [0, 0.05) is 31.0 Å². The van der Waals surface area contributed by atoms with E-state index in [-0.39, 0.29) is 5.95 Å². The van der Waals surface area contributed by atoms with E-state index in [1.54, 1.807) is 18.2 Å². The van der Waals surface area contributed by atoms with Crippen molar-refractivity contribution >= 4 is 23.1 Å². The van der Waals surface area contributed by atoms with Crippen LogP contribution in [0.3, 0.4) is 0 Å². The number of hydrogen-bond donors (Lipinski definition) is 2. The van der Waals surface area contributed by atoms with Crippen LogP contribution in [-0.4, -0.2) is 66.8 Å². The fourth-order valence-electron chi connectivity index (χ4n) is 4.06. The van der Waals surface area contributed by atoms with Gasteiger partial charge in [-0.3, -0.25) is 0 Å². The molecule has 3 atom stereocenters. The molecule has 2 N–H and O–H groups in total. The minimum absolute atomic E-state index is 0.171. The van der Waals surface area contributed by atoms with Crippen LogP contribution in [0.2, 0.25) is 0 Å². The van der Waals surface area contributed by atoms with Crippen LogP contribution < -0.4 is 19.9 Å². The van der Waals surface area contributed by atoms with E-state index in [9.17, 15) is 27.1 Å². The van der Waals surface area contributed by atoms with Crippen molar-refractivity contribution in [3.8, 4) is 5.75 Å². The third-order valence-electron chi connectivity index (χ3n) is 5.75. The van der Waals surface area contributed by atoms with E-state index < -0.39 is 49.1 Å². The molecule has 12 heteroatoms. The normalized spacial score (nSPS) is 23.7. The molecule has 2 aliphatic heterocycles. The number of aromatic nitrogens is 2. The van der Waals surface area contributed by atoms with Gasteiger partial charge in [-0.1, -0.05) is 0 Å². The zero-order valence-corrected chi connectivity index (χ0v) is 17.8. The predicted octanol–water partition coefficient (Wildman–Crippen LogP) is 3.70. The Kier molecular flexibility index (Phi) is 6.46. The number of aliphatic hydroxyl groups excluding tert-OH is 1. The van der Waals surface area contributed by atoms with Crippen molar-refractivity contribution in [1.82, 2.24) is 9.97 Å². The van der Waals surface area contributed by atoms with E-state index in [1.165, 1.54) is 7.11 Å². The number of anilines is 4. The fourth-order valence-corrected chi connectivity index (χ4v) is 4.06. The lowest BCUT2D eigenvalue weighted by molar-refractivity contribution is -0.137. The van der Waals surface area contributed by atoms with Crippen molar-refractivity contribution in [2.75, 3.05) is 48.4 Å². The van der Waals surface area contributed by atoms with Gasteiger partial charge in [-0.15, -0.1) is 0 Å². The molecule has 1 aromatic heterocycles. The van der Waals surface area contributed by atoms with Crippen molar-refractivity contribution in [3.63, 3.8) is 0 Å². The molecule has 0 saturated carbocycles. The number of alkyl halides is 5. The maximum atomic E-state index is 13.6. The number of hydrogen-bond acceptors (Lipinski definition) is 7. The first-order valence-corrected chi connectivity index (χ1v) is 10.5. The maximum absolute atomic E-state index is 13.6. The van der Waals surface area contributed by atoms with Gasteiger partial charge in [-0.25, -0.2) is 13.8 Å². The lowest BCUT2D eigenvalue weighted by atomic mass is 10.1. The molecule has 2 aliphatic rings. The smallest absolute Gasteiger partial charge is 0.421 e. The molecule has 2 fully saturated rings. The number of nitrogens with one attached hydrogen (secondary N) is 1. The van der Waals surface area contributed by atoms with Gasteiger partial charge in [-0.05, 0) is 25.0 Å². The van der Waals surface area contributed by atoms with Crippen LogP contribution in [0, 0.1) is 0 Å². The summed E-state index contributed by atoms with van der Waals surface area (Å²) in [5.74, 6) is -0.359. The number of benzene rings is 1. The zero-order chi connectivity index (χ0) is 23.8. The Bertz CT molecular complexity index is 982. The summed E-state index contributed by atoms with van der Waals surface area (Å²) in [4.78, 5) is 10.6. The number of halogens is 5. The summed E-state index contributed by atoms with van der Waals surface area (Å²) in [6.45, 7) is 0.211. The van der Waals surface area contributed by atoms with E-state index in [0.717, 1.165) is 30.0 Å². The Labute approximate surface area is 187 Å². The molecular weight excluding hydrogens is 449 g/mol. The Morgan fingerprint density at radius 1 is 1.12 bits per heavy atom. The Balaban J connectivity index is 1.61. The van der Waals surface area contributed by atoms with Crippen molar-refractivity contribution in [1.29, 1.82) is 0 Å². The molecule has 7 nitrogen and oxygen atoms in total. The first kappa shape index (κ1) is 23.3. The van der Waals surface area contributed by atoms with Gasteiger partial charge in [0.25, 0.3) is 0 Å². The first-order chi connectivity index (χ1) is 15.7. The monoisotopic (exact) mass is 473 g/mol. The number of nitrogens with zero attached hydrogens (tertiary/aromatic N) is 4. The molecule has 3 heterocycles. The molecule has 0 aliphatic carbocycles. The minimum Gasteiger partial charge on any atom is -0.494 e. The summed E-state index contributed by atoms with van der Waals surface area (Å²) in [5.41, 5.74) is 0.0585.